The van der Waals surface area contributed by atoms with Gasteiger partial charge in [-0.2, -0.15) is 0 Å². The van der Waals surface area contributed by atoms with Crippen LogP contribution in [0.4, 0.5) is 5.69 Å². The smallest absolute Gasteiger partial charge is 0.257 e. The summed E-state index contributed by atoms with van der Waals surface area (Å²) in [5.41, 5.74) is 0.742. The number of likely N-dealkylation sites (N-methyl/N-ethyl adjacent to an activating group) is 1. The van der Waals surface area contributed by atoms with Crippen LogP contribution in [0.15, 0.2) is 24.3 Å². The van der Waals surface area contributed by atoms with Crippen LogP contribution in [0.1, 0.15) is 26.7 Å². The van der Waals surface area contributed by atoms with Crippen molar-refractivity contribution in [1.82, 2.24) is 10.6 Å². The van der Waals surface area contributed by atoms with Crippen molar-refractivity contribution in [1.29, 1.82) is 0 Å². The molecule has 0 radical (unpaired) electrons. The molecule has 1 aliphatic rings. The molecule has 0 saturated carbocycles. The Morgan fingerprint density at radius 1 is 1.29 bits per heavy atom. The number of piperidine rings is 1. The molecule has 0 aliphatic carbocycles. The zero-order chi connectivity index (χ0) is 16.7. The number of carbonyl (C=O) groups excluding carboxylic acids is 2. The van der Waals surface area contributed by atoms with Crippen LogP contribution in [0.25, 0.3) is 0 Å². The topological polar surface area (TPSA) is 79.5 Å². The van der Waals surface area contributed by atoms with Crippen LogP contribution in [0.5, 0.6) is 5.75 Å². The Labute approximate surface area is 149 Å². The van der Waals surface area contributed by atoms with E-state index < -0.39 is 0 Å². The summed E-state index contributed by atoms with van der Waals surface area (Å²) in [5.74, 6) is 0.573. The van der Waals surface area contributed by atoms with Crippen molar-refractivity contribution in [3.63, 3.8) is 0 Å². The SMILES string of the molecule is CCNC(=O)COc1ccc(NC(=O)[C@H]2CCN[C@@H](C)C2)cc1.Cl. The number of ether oxygens (including phenoxy) is 1. The van der Waals surface area contributed by atoms with Crippen LogP contribution in [0.2, 0.25) is 0 Å². The zero-order valence-electron chi connectivity index (χ0n) is 14.1. The number of carbonyl (C=O) groups is 2. The van der Waals surface area contributed by atoms with Gasteiger partial charge >= 0.3 is 0 Å². The first-order valence-corrected chi connectivity index (χ1v) is 8.12. The Morgan fingerprint density at radius 3 is 2.62 bits per heavy atom. The molecule has 1 heterocycles. The van der Waals surface area contributed by atoms with E-state index in [0.717, 1.165) is 25.1 Å². The Bertz CT molecular complexity index is 536. The van der Waals surface area contributed by atoms with E-state index in [0.29, 0.717) is 18.3 Å². The zero-order valence-corrected chi connectivity index (χ0v) is 14.9. The minimum Gasteiger partial charge on any atom is -0.484 e. The molecule has 0 unspecified atom stereocenters. The van der Waals surface area contributed by atoms with Crippen molar-refractivity contribution >= 4 is 29.9 Å². The highest BCUT2D eigenvalue weighted by Gasteiger charge is 2.24. The van der Waals surface area contributed by atoms with Crippen molar-refractivity contribution in [2.45, 2.75) is 32.7 Å². The fraction of sp³-hybridized carbons (Fsp3) is 0.529. The van der Waals surface area contributed by atoms with Crippen LogP contribution in [0.3, 0.4) is 0 Å². The monoisotopic (exact) mass is 355 g/mol. The fourth-order valence-corrected chi connectivity index (χ4v) is 2.65. The lowest BCUT2D eigenvalue weighted by Crippen LogP contribution is -2.40. The van der Waals surface area contributed by atoms with E-state index in [4.69, 9.17) is 4.74 Å². The molecule has 2 amide bonds. The number of nitrogens with one attached hydrogen (secondary N) is 3. The van der Waals surface area contributed by atoms with Crippen LogP contribution < -0.4 is 20.7 Å². The average Bonchev–Trinajstić information content (AvgIpc) is 2.54. The first-order valence-electron chi connectivity index (χ1n) is 8.12. The van der Waals surface area contributed by atoms with Gasteiger partial charge in [0.1, 0.15) is 5.75 Å². The molecule has 0 bridgehead atoms. The maximum Gasteiger partial charge on any atom is 0.257 e. The lowest BCUT2D eigenvalue weighted by Gasteiger charge is -2.27. The second-order valence-corrected chi connectivity index (χ2v) is 5.83. The molecule has 1 aromatic rings. The molecule has 1 aliphatic heterocycles. The van der Waals surface area contributed by atoms with E-state index in [1.807, 2.05) is 6.92 Å². The highest BCUT2D eigenvalue weighted by Crippen LogP contribution is 2.20. The van der Waals surface area contributed by atoms with Crippen molar-refractivity contribution < 1.29 is 14.3 Å². The molecule has 134 valence electrons. The number of anilines is 1. The summed E-state index contributed by atoms with van der Waals surface area (Å²) < 4.78 is 5.38. The highest BCUT2D eigenvalue weighted by molar-refractivity contribution is 5.92. The number of halogens is 1. The Kier molecular flexibility index (Phi) is 8.57. The van der Waals surface area contributed by atoms with Crippen molar-refractivity contribution in [2.24, 2.45) is 5.92 Å². The second kappa shape index (κ2) is 10.2. The molecule has 3 N–H and O–H groups in total. The van der Waals surface area contributed by atoms with Gasteiger partial charge in [0.2, 0.25) is 5.91 Å². The van der Waals surface area contributed by atoms with Crippen LogP contribution in [-0.2, 0) is 9.59 Å². The van der Waals surface area contributed by atoms with Gasteiger partial charge in [-0.3, -0.25) is 9.59 Å². The number of rotatable bonds is 6. The van der Waals surface area contributed by atoms with Gasteiger partial charge in [-0.05, 0) is 57.5 Å². The van der Waals surface area contributed by atoms with Gasteiger partial charge in [0, 0.05) is 24.2 Å². The molecular formula is C17H26ClN3O3. The largest absolute Gasteiger partial charge is 0.484 e. The van der Waals surface area contributed by atoms with Gasteiger partial charge in [-0.1, -0.05) is 0 Å². The first kappa shape index (κ1) is 20.3. The predicted molar refractivity (Wildman–Crippen MR) is 96.7 cm³/mol. The van der Waals surface area contributed by atoms with E-state index in [9.17, 15) is 9.59 Å². The number of hydrogen-bond donors (Lipinski definition) is 3. The lowest BCUT2D eigenvalue weighted by molar-refractivity contribution is -0.123. The number of hydrogen-bond acceptors (Lipinski definition) is 4. The summed E-state index contributed by atoms with van der Waals surface area (Å²) >= 11 is 0. The van der Waals surface area contributed by atoms with Crippen molar-refractivity contribution in [3.05, 3.63) is 24.3 Å². The summed E-state index contributed by atoms with van der Waals surface area (Å²) in [6.07, 6.45) is 1.73. The average molecular weight is 356 g/mol. The third-order valence-corrected chi connectivity index (χ3v) is 3.86. The summed E-state index contributed by atoms with van der Waals surface area (Å²) in [4.78, 5) is 23.6. The van der Waals surface area contributed by atoms with E-state index in [-0.39, 0.29) is 36.7 Å². The number of amides is 2. The predicted octanol–water partition coefficient (Wildman–Crippen LogP) is 1.95. The Balaban J connectivity index is 0.00000288. The normalized spacial score (nSPS) is 19.8. The Hall–Kier alpha value is -1.79. The summed E-state index contributed by atoms with van der Waals surface area (Å²) in [5, 5.41) is 8.95. The maximum absolute atomic E-state index is 12.3. The van der Waals surface area contributed by atoms with Crippen LogP contribution >= 0.6 is 12.4 Å². The summed E-state index contributed by atoms with van der Waals surface area (Å²) in [7, 11) is 0. The standard InChI is InChI=1S/C17H25N3O3.ClH/c1-3-18-16(21)11-23-15-6-4-14(5-7-15)20-17(22)13-8-9-19-12(2)10-13;/h4-7,12-13,19H,3,8-11H2,1-2H3,(H,18,21)(H,20,22);1H/t12-,13-;/m0./s1. The lowest BCUT2D eigenvalue weighted by atomic mass is 9.92. The fourth-order valence-electron chi connectivity index (χ4n) is 2.65. The first-order chi connectivity index (χ1) is 11.1. The third-order valence-electron chi connectivity index (χ3n) is 3.86. The van der Waals surface area contributed by atoms with Crippen molar-refractivity contribution in [3.8, 4) is 5.75 Å². The van der Waals surface area contributed by atoms with Gasteiger partial charge < -0.3 is 20.7 Å². The molecule has 0 spiro atoms. The molecule has 24 heavy (non-hydrogen) atoms. The third kappa shape index (κ3) is 6.37. The molecule has 0 aromatic heterocycles. The molecule has 1 aromatic carbocycles. The molecule has 2 atom stereocenters. The van der Waals surface area contributed by atoms with E-state index in [2.05, 4.69) is 22.9 Å². The minimum atomic E-state index is -0.148. The maximum atomic E-state index is 12.3. The van der Waals surface area contributed by atoms with Gasteiger partial charge in [0.15, 0.2) is 6.61 Å². The van der Waals surface area contributed by atoms with Crippen LogP contribution in [0, 0.1) is 5.92 Å². The summed E-state index contributed by atoms with van der Waals surface area (Å²) in [6.45, 7) is 5.42. The Morgan fingerprint density at radius 2 is 2.00 bits per heavy atom. The minimum absolute atomic E-state index is 0. The molecule has 1 saturated heterocycles. The summed E-state index contributed by atoms with van der Waals surface area (Å²) in [6, 6.07) is 7.45. The van der Waals surface area contributed by atoms with Crippen LogP contribution in [-0.4, -0.2) is 37.6 Å². The molecule has 2 rings (SSSR count). The quantitative estimate of drug-likeness (QED) is 0.728. The molecule has 1 fully saturated rings. The van der Waals surface area contributed by atoms with Gasteiger partial charge in [-0.25, -0.2) is 0 Å². The second-order valence-electron chi connectivity index (χ2n) is 5.83. The molecule has 6 nitrogen and oxygen atoms in total. The molecular weight excluding hydrogens is 330 g/mol. The molecule has 7 heteroatoms. The van der Waals surface area contributed by atoms with E-state index >= 15 is 0 Å². The van der Waals surface area contributed by atoms with Gasteiger partial charge in [0.25, 0.3) is 5.91 Å². The number of benzene rings is 1. The van der Waals surface area contributed by atoms with Crippen molar-refractivity contribution in [2.75, 3.05) is 25.0 Å². The highest BCUT2D eigenvalue weighted by atomic mass is 35.5. The van der Waals surface area contributed by atoms with E-state index in [1.54, 1.807) is 24.3 Å². The van der Waals surface area contributed by atoms with E-state index in [1.165, 1.54) is 0 Å². The van der Waals surface area contributed by atoms with Gasteiger partial charge in [0.05, 0.1) is 0 Å². The van der Waals surface area contributed by atoms with Gasteiger partial charge in [-0.15, -0.1) is 12.4 Å².